The molecule has 0 spiro atoms. The van der Waals surface area contributed by atoms with Gasteiger partial charge in [0.15, 0.2) is 6.10 Å². The van der Waals surface area contributed by atoms with E-state index in [0.29, 0.717) is 0 Å². The normalized spacial score (nSPS) is 12.5. The average molecular weight is 313 g/mol. The Morgan fingerprint density at radius 1 is 1.27 bits per heavy atom. The second kappa shape index (κ2) is 6.85. The molecule has 2 heterocycles. The summed E-state index contributed by atoms with van der Waals surface area (Å²) in [5.74, 6) is 0.861. The number of thiazole rings is 1. The first-order chi connectivity index (χ1) is 10.8. The third-order valence-electron chi connectivity index (χ3n) is 3.44. The minimum absolute atomic E-state index is 0.0445. The SMILES string of the molecule is CNCCC(Oc1cccc2ncccc12)c1nc(C)cs1. The molecule has 0 aliphatic heterocycles. The number of hydrogen-bond acceptors (Lipinski definition) is 5. The summed E-state index contributed by atoms with van der Waals surface area (Å²) in [5.41, 5.74) is 1.99. The highest BCUT2D eigenvalue weighted by Gasteiger charge is 2.18. The molecule has 0 saturated carbocycles. The van der Waals surface area contributed by atoms with Crippen molar-refractivity contribution in [1.82, 2.24) is 15.3 Å². The summed E-state index contributed by atoms with van der Waals surface area (Å²) in [4.78, 5) is 8.97. The smallest absolute Gasteiger partial charge is 0.151 e. The fraction of sp³-hybridized carbons (Fsp3) is 0.294. The van der Waals surface area contributed by atoms with Gasteiger partial charge >= 0.3 is 0 Å². The van der Waals surface area contributed by atoms with Crippen LogP contribution in [0.4, 0.5) is 0 Å². The summed E-state index contributed by atoms with van der Waals surface area (Å²) in [6, 6.07) is 9.95. The van der Waals surface area contributed by atoms with Crippen molar-refractivity contribution in [3.05, 3.63) is 52.6 Å². The minimum Gasteiger partial charge on any atom is -0.482 e. The minimum atomic E-state index is -0.0445. The summed E-state index contributed by atoms with van der Waals surface area (Å²) in [6.07, 6.45) is 2.63. The zero-order valence-electron chi connectivity index (χ0n) is 12.7. The highest BCUT2D eigenvalue weighted by atomic mass is 32.1. The van der Waals surface area contributed by atoms with Crippen LogP contribution in [0.5, 0.6) is 5.75 Å². The van der Waals surface area contributed by atoms with Gasteiger partial charge in [-0.05, 0) is 44.8 Å². The molecule has 1 N–H and O–H groups in total. The van der Waals surface area contributed by atoms with E-state index in [4.69, 9.17) is 4.74 Å². The number of benzene rings is 1. The number of nitrogens with one attached hydrogen (secondary N) is 1. The van der Waals surface area contributed by atoms with Crippen molar-refractivity contribution in [1.29, 1.82) is 0 Å². The van der Waals surface area contributed by atoms with E-state index in [-0.39, 0.29) is 6.10 Å². The predicted octanol–water partition coefficient (Wildman–Crippen LogP) is 3.73. The van der Waals surface area contributed by atoms with Crippen molar-refractivity contribution >= 4 is 22.2 Å². The fourth-order valence-electron chi connectivity index (χ4n) is 2.36. The molecular formula is C17H19N3OS. The summed E-state index contributed by atoms with van der Waals surface area (Å²) >= 11 is 1.65. The van der Waals surface area contributed by atoms with E-state index >= 15 is 0 Å². The lowest BCUT2D eigenvalue weighted by Gasteiger charge is -2.18. The number of fused-ring (bicyclic) bond motifs is 1. The zero-order chi connectivity index (χ0) is 15.4. The molecule has 3 aromatic rings. The summed E-state index contributed by atoms with van der Waals surface area (Å²) in [6.45, 7) is 2.89. The van der Waals surface area contributed by atoms with Gasteiger partial charge in [-0.25, -0.2) is 4.98 Å². The van der Waals surface area contributed by atoms with E-state index in [0.717, 1.165) is 40.3 Å². The highest BCUT2D eigenvalue weighted by Crippen LogP contribution is 2.31. The van der Waals surface area contributed by atoms with Gasteiger partial charge < -0.3 is 10.1 Å². The van der Waals surface area contributed by atoms with Gasteiger partial charge in [-0.15, -0.1) is 11.3 Å². The Balaban J connectivity index is 1.91. The van der Waals surface area contributed by atoms with E-state index < -0.39 is 0 Å². The average Bonchev–Trinajstić information content (AvgIpc) is 2.98. The Morgan fingerprint density at radius 2 is 2.18 bits per heavy atom. The lowest BCUT2D eigenvalue weighted by atomic mass is 10.2. The second-order valence-electron chi connectivity index (χ2n) is 5.15. The van der Waals surface area contributed by atoms with Crippen LogP contribution in [-0.4, -0.2) is 23.6 Å². The zero-order valence-corrected chi connectivity index (χ0v) is 13.6. The topological polar surface area (TPSA) is 47.0 Å². The maximum absolute atomic E-state index is 6.30. The monoisotopic (exact) mass is 313 g/mol. The molecule has 114 valence electrons. The third kappa shape index (κ3) is 3.26. The van der Waals surface area contributed by atoms with Gasteiger partial charge in [0.2, 0.25) is 0 Å². The maximum atomic E-state index is 6.30. The molecule has 3 rings (SSSR count). The number of ether oxygens (including phenoxy) is 1. The van der Waals surface area contributed by atoms with Crippen molar-refractivity contribution < 1.29 is 4.74 Å². The molecule has 0 amide bonds. The summed E-state index contributed by atoms with van der Waals surface area (Å²) in [7, 11) is 1.95. The molecule has 1 unspecified atom stereocenters. The number of pyridine rings is 1. The summed E-state index contributed by atoms with van der Waals surface area (Å²) < 4.78 is 6.30. The maximum Gasteiger partial charge on any atom is 0.151 e. The molecule has 1 aromatic carbocycles. The second-order valence-corrected chi connectivity index (χ2v) is 6.04. The Hall–Kier alpha value is -1.98. The first kappa shape index (κ1) is 14.9. The molecule has 1 atom stereocenters. The summed E-state index contributed by atoms with van der Waals surface area (Å²) in [5, 5.41) is 7.30. The van der Waals surface area contributed by atoms with E-state index in [9.17, 15) is 0 Å². The standard InChI is InChI=1S/C17H19N3OS/c1-12-11-22-17(20-12)16(8-10-18-2)21-15-7-3-6-14-13(15)5-4-9-19-14/h3-7,9,11,16,18H,8,10H2,1-2H3. The lowest BCUT2D eigenvalue weighted by molar-refractivity contribution is 0.197. The first-order valence-electron chi connectivity index (χ1n) is 7.35. The van der Waals surface area contributed by atoms with E-state index in [1.807, 2.05) is 44.3 Å². The molecule has 0 aliphatic carbocycles. The molecule has 4 nitrogen and oxygen atoms in total. The number of nitrogens with zero attached hydrogens (tertiary/aromatic N) is 2. The van der Waals surface area contributed by atoms with Crippen LogP contribution in [0.25, 0.3) is 10.9 Å². The van der Waals surface area contributed by atoms with Gasteiger partial charge in [0.25, 0.3) is 0 Å². The number of rotatable bonds is 6. The van der Waals surface area contributed by atoms with Crippen LogP contribution < -0.4 is 10.1 Å². The number of aromatic nitrogens is 2. The largest absolute Gasteiger partial charge is 0.482 e. The molecule has 5 heteroatoms. The van der Waals surface area contributed by atoms with Crippen LogP contribution in [0.3, 0.4) is 0 Å². The van der Waals surface area contributed by atoms with Crippen LogP contribution in [0.1, 0.15) is 23.2 Å². The van der Waals surface area contributed by atoms with E-state index in [1.54, 1.807) is 17.5 Å². The molecule has 2 aromatic heterocycles. The van der Waals surface area contributed by atoms with Crippen molar-refractivity contribution in [3.8, 4) is 5.75 Å². The fourth-order valence-corrected chi connectivity index (χ4v) is 3.22. The van der Waals surface area contributed by atoms with Crippen molar-refractivity contribution in [2.75, 3.05) is 13.6 Å². The molecule has 22 heavy (non-hydrogen) atoms. The Kier molecular flexibility index (Phi) is 4.65. The predicted molar refractivity (Wildman–Crippen MR) is 90.5 cm³/mol. The van der Waals surface area contributed by atoms with Crippen LogP contribution in [0, 0.1) is 6.92 Å². The van der Waals surface area contributed by atoms with Crippen molar-refractivity contribution in [2.45, 2.75) is 19.4 Å². The molecule has 0 bridgehead atoms. The van der Waals surface area contributed by atoms with Crippen LogP contribution in [0.15, 0.2) is 41.9 Å². The van der Waals surface area contributed by atoms with Crippen LogP contribution >= 0.6 is 11.3 Å². The molecule has 0 saturated heterocycles. The Bertz CT molecular complexity index is 751. The van der Waals surface area contributed by atoms with E-state index in [1.165, 1.54) is 0 Å². The first-order valence-corrected chi connectivity index (χ1v) is 8.23. The highest BCUT2D eigenvalue weighted by molar-refractivity contribution is 7.09. The van der Waals surface area contributed by atoms with Gasteiger partial charge in [0, 0.05) is 29.1 Å². The Labute approximate surface area is 134 Å². The Morgan fingerprint density at radius 3 is 2.95 bits per heavy atom. The van der Waals surface area contributed by atoms with Crippen molar-refractivity contribution in [2.24, 2.45) is 0 Å². The lowest BCUT2D eigenvalue weighted by Crippen LogP contribution is -2.16. The third-order valence-corrected chi connectivity index (χ3v) is 4.50. The number of hydrogen-bond donors (Lipinski definition) is 1. The molecular weight excluding hydrogens is 294 g/mol. The molecule has 0 fully saturated rings. The van der Waals surface area contributed by atoms with Gasteiger partial charge in [-0.3, -0.25) is 4.98 Å². The van der Waals surface area contributed by atoms with E-state index in [2.05, 4.69) is 20.7 Å². The van der Waals surface area contributed by atoms with Gasteiger partial charge in [-0.2, -0.15) is 0 Å². The van der Waals surface area contributed by atoms with Crippen LogP contribution in [0.2, 0.25) is 0 Å². The molecule has 0 aliphatic rings. The van der Waals surface area contributed by atoms with Gasteiger partial charge in [0.1, 0.15) is 10.8 Å². The number of aryl methyl sites for hydroxylation is 1. The molecule has 0 radical (unpaired) electrons. The van der Waals surface area contributed by atoms with Crippen LogP contribution in [-0.2, 0) is 0 Å². The van der Waals surface area contributed by atoms with Gasteiger partial charge in [0.05, 0.1) is 5.52 Å². The van der Waals surface area contributed by atoms with Crippen molar-refractivity contribution in [3.63, 3.8) is 0 Å². The van der Waals surface area contributed by atoms with Gasteiger partial charge in [-0.1, -0.05) is 6.07 Å². The quantitative estimate of drug-likeness (QED) is 0.753.